The number of para-hydroxylation sites is 1. The van der Waals surface area contributed by atoms with Gasteiger partial charge in [-0.1, -0.05) is 6.07 Å². The van der Waals surface area contributed by atoms with E-state index < -0.39 is 0 Å². The standard InChI is InChI=1S/C14H21N3O2/c1-18-12-3-2-4-13-14(12)17-8-7-16(6-5-15)9-11(17)10-19-13/h2-4,11H,5-10,15H2,1H3. The third-order valence-corrected chi connectivity index (χ3v) is 3.91. The summed E-state index contributed by atoms with van der Waals surface area (Å²) in [4.78, 5) is 4.83. The Balaban J connectivity index is 1.86. The highest BCUT2D eigenvalue weighted by Gasteiger charge is 2.34. The predicted molar refractivity (Wildman–Crippen MR) is 75.1 cm³/mol. The number of nitrogens with two attached hydrogens (primary N) is 1. The van der Waals surface area contributed by atoms with Crippen LogP contribution in [0, 0.1) is 0 Å². The van der Waals surface area contributed by atoms with Crippen molar-refractivity contribution >= 4 is 5.69 Å². The largest absolute Gasteiger partial charge is 0.494 e. The van der Waals surface area contributed by atoms with E-state index >= 15 is 0 Å². The Labute approximate surface area is 113 Å². The molecule has 1 aromatic carbocycles. The van der Waals surface area contributed by atoms with E-state index in [0.717, 1.165) is 50.0 Å². The van der Waals surface area contributed by atoms with E-state index in [-0.39, 0.29) is 0 Å². The summed E-state index contributed by atoms with van der Waals surface area (Å²) in [5.74, 6) is 1.83. The van der Waals surface area contributed by atoms with Crippen LogP contribution in [0.5, 0.6) is 11.5 Å². The third kappa shape index (κ3) is 2.24. The van der Waals surface area contributed by atoms with Crippen LogP contribution < -0.4 is 20.1 Å². The maximum atomic E-state index is 5.88. The number of anilines is 1. The SMILES string of the molecule is COc1cccc2c1N1CCN(CCN)CC1CO2. The van der Waals surface area contributed by atoms with Crippen LogP contribution in [0.15, 0.2) is 18.2 Å². The Morgan fingerprint density at radius 3 is 3.11 bits per heavy atom. The van der Waals surface area contributed by atoms with Gasteiger partial charge in [-0.05, 0) is 12.1 Å². The molecular formula is C14H21N3O2. The van der Waals surface area contributed by atoms with Crippen molar-refractivity contribution < 1.29 is 9.47 Å². The molecule has 104 valence electrons. The Hall–Kier alpha value is -1.46. The summed E-state index contributed by atoms with van der Waals surface area (Å²) in [6, 6.07) is 6.38. The Morgan fingerprint density at radius 2 is 2.32 bits per heavy atom. The van der Waals surface area contributed by atoms with Gasteiger partial charge in [0.2, 0.25) is 0 Å². The topological polar surface area (TPSA) is 51.0 Å². The normalized spacial score (nSPS) is 22.4. The first-order valence-electron chi connectivity index (χ1n) is 6.82. The molecule has 2 heterocycles. The van der Waals surface area contributed by atoms with Crippen molar-refractivity contribution in [2.45, 2.75) is 6.04 Å². The lowest BCUT2D eigenvalue weighted by atomic mass is 10.1. The van der Waals surface area contributed by atoms with Crippen LogP contribution in [0.4, 0.5) is 5.69 Å². The predicted octanol–water partition coefficient (Wildman–Crippen LogP) is 0.537. The van der Waals surface area contributed by atoms with E-state index in [4.69, 9.17) is 15.2 Å². The summed E-state index contributed by atoms with van der Waals surface area (Å²) in [6.45, 7) is 5.47. The van der Waals surface area contributed by atoms with Crippen LogP contribution in [0.1, 0.15) is 0 Å². The summed E-state index contributed by atoms with van der Waals surface area (Å²) in [6.07, 6.45) is 0. The van der Waals surface area contributed by atoms with Crippen LogP contribution in [0.3, 0.4) is 0 Å². The maximum Gasteiger partial charge on any atom is 0.146 e. The third-order valence-electron chi connectivity index (χ3n) is 3.91. The zero-order valence-corrected chi connectivity index (χ0v) is 11.3. The number of nitrogens with zero attached hydrogens (tertiary/aromatic N) is 2. The molecule has 0 saturated carbocycles. The average molecular weight is 263 g/mol. The fourth-order valence-corrected chi connectivity index (χ4v) is 2.99. The number of ether oxygens (including phenoxy) is 2. The summed E-state index contributed by atoms with van der Waals surface area (Å²) in [5.41, 5.74) is 6.75. The molecule has 2 aliphatic rings. The number of hydrogen-bond donors (Lipinski definition) is 1. The van der Waals surface area contributed by atoms with Crippen molar-refractivity contribution in [3.8, 4) is 11.5 Å². The Kier molecular flexibility index (Phi) is 3.48. The minimum atomic E-state index is 0.393. The first-order chi connectivity index (χ1) is 9.33. The van der Waals surface area contributed by atoms with Crippen LogP contribution in [0.25, 0.3) is 0 Å². The summed E-state index contributed by atoms with van der Waals surface area (Å²) in [7, 11) is 1.71. The molecule has 5 nitrogen and oxygen atoms in total. The fourth-order valence-electron chi connectivity index (χ4n) is 2.99. The summed E-state index contributed by atoms with van der Waals surface area (Å²) in [5, 5.41) is 0. The van der Waals surface area contributed by atoms with Gasteiger partial charge in [-0.3, -0.25) is 4.90 Å². The van der Waals surface area contributed by atoms with Crippen molar-refractivity contribution in [1.82, 2.24) is 4.90 Å². The van der Waals surface area contributed by atoms with Gasteiger partial charge in [0.15, 0.2) is 0 Å². The quantitative estimate of drug-likeness (QED) is 0.862. The number of hydrogen-bond acceptors (Lipinski definition) is 5. The minimum absolute atomic E-state index is 0.393. The van der Waals surface area contributed by atoms with E-state index in [1.54, 1.807) is 7.11 Å². The molecule has 19 heavy (non-hydrogen) atoms. The molecule has 1 unspecified atom stereocenters. The zero-order valence-electron chi connectivity index (χ0n) is 11.3. The average Bonchev–Trinajstić information content (AvgIpc) is 2.46. The van der Waals surface area contributed by atoms with Gasteiger partial charge in [0, 0.05) is 32.7 Å². The maximum absolute atomic E-state index is 5.88. The lowest BCUT2D eigenvalue weighted by Crippen LogP contribution is -2.57. The number of benzene rings is 1. The lowest BCUT2D eigenvalue weighted by molar-refractivity contribution is 0.168. The highest BCUT2D eigenvalue weighted by Crippen LogP contribution is 2.42. The molecule has 1 aromatic rings. The smallest absolute Gasteiger partial charge is 0.146 e. The number of methoxy groups -OCH3 is 1. The van der Waals surface area contributed by atoms with Gasteiger partial charge in [0.25, 0.3) is 0 Å². The van der Waals surface area contributed by atoms with E-state index in [1.165, 1.54) is 0 Å². The highest BCUT2D eigenvalue weighted by molar-refractivity contribution is 5.69. The van der Waals surface area contributed by atoms with E-state index in [2.05, 4.69) is 9.80 Å². The van der Waals surface area contributed by atoms with E-state index in [1.807, 2.05) is 18.2 Å². The van der Waals surface area contributed by atoms with Crippen molar-refractivity contribution in [2.24, 2.45) is 5.73 Å². The molecule has 0 spiro atoms. The lowest BCUT2D eigenvalue weighted by Gasteiger charge is -2.45. The van der Waals surface area contributed by atoms with Crippen molar-refractivity contribution in [1.29, 1.82) is 0 Å². The molecule has 0 aromatic heterocycles. The van der Waals surface area contributed by atoms with Crippen LogP contribution in [-0.4, -0.2) is 57.4 Å². The molecule has 3 rings (SSSR count). The van der Waals surface area contributed by atoms with Crippen LogP contribution in [-0.2, 0) is 0 Å². The van der Waals surface area contributed by atoms with Gasteiger partial charge in [-0.25, -0.2) is 0 Å². The fraction of sp³-hybridized carbons (Fsp3) is 0.571. The minimum Gasteiger partial charge on any atom is -0.494 e. The van der Waals surface area contributed by atoms with Gasteiger partial charge in [-0.15, -0.1) is 0 Å². The van der Waals surface area contributed by atoms with Gasteiger partial charge >= 0.3 is 0 Å². The van der Waals surface area contributed by atoms with Gasteiger partial charge in [-0.2, -0.15) is 0 Å². The van der Waals surface area contributed by atoms with E-state index in [0.29, 0.717) is 12.6 Å². The van der Waals surface area contributed by atoms with Gasteiger partial charge in [0.1, 0.15) is 23.8 Å². The molecule has 2 N–H and O–H groups in total. The highest BCUT2D eigenvalue weighted by atomic mass is 16.5. The number of rotatable bonds is 3. The van der Waals surface area contributed by atoms with Crippen molar-refractivity contribution in [3.63, 3.8) is 0 Å². The first-order valence-corrected chi connectivity index (χ1v) is 6.82. The molecular weight excluding hydrogens is 242 g/mol. The van der Waals surface area contributed by atoms with Gasteiger partial charge in [0.05, 0.1) is 13.2 Å². The second kappa shape index (κ2) is 5.27. The summed E-state index contributed by atoms with van der Waals surface area (Å²) >= 11 is 0. The number of fused-ring (bicyclic) bond motifs is 3. The molecule has 1 fully saturated rings. The molecule has 0 amide bonds. The summed E-state index contributed by atoms with van der Waals surface area (Å²) < 4.78 is 11.4. The first kappa shape index (κ1) is 12.6. The van der Waals surface area contributed by atoms with Crippen LogP contribution in [0.2, 0.25) is 0 Å². The molecule has 0 radical (unpaired) electrons. The number of piperazine rings is 1. The van der Waals surface area contributed by atoms with E-state index in [9.17, 15) is 0 Å². The second-order valence-corrected chi connectivity index (χ2v) is 5.05. The molecule has 0 bridgehead atoms. The Bertz CT molecular complexity index is 438. The Morgan fingerprint density at radius 1 is 1.42 bits per heavy atom. The monoisotopic (exact) mass is 263 g/mol. The van der Waals surface area contributed by atoms with Crippen molar-refractivity contribution in [2.75, 3.05) is 51.3 Å². The zero-order chi connectivity index (χ0) is 13.2. The van der Waals surface area contributed by atoms with Gasteiger partial charge < -0.3 is 20.1 Å². The molecule has 5 heteroatoms. The molecule has 1 atom stereocenters. The molecule has 2 aliphatic heterocycles. The molecule has 0 aliphatic carbocycles. The van der Waals surface area contributed by atoms with Crippen molar-refractivity contribution in [3.05, 3.63) is 18.2 Å². The second-order valence-electron chi connectivity index (χ2n) is 5.05. The van der Waals surface area contributed by atoms with Crippen LogP contribution >= 0.6 is 0 Å². The molecule has 1 saturated heterocycles.